The smallest absolute Gasteiger partial charge is 0.222 e. The molecule has 1 aromatic carbocycles. The topological polar surface area (TPSA) is 32.3 Å². The molecule has 2 aliphatic heterocycles. The molecule has 1 spiro atoms. The minimum absolute atomic E-state index is 0.0857. The van der Waals surface area contributed by atoms with Crippen LogP contribution >= 0.6 is 0 Å². The first-order valence-corrected chi connectivity index (χ1v) is 6.76. The lowest BCUT2D eigenvalue weighted by Gasteiger charge is -2.42. The van der Waals surface area contributed by atoms with E-state index >= 15 is 0 Å². The number of benzene rings is 1. The maximum Gasteiger partial charge on any atom is 0.222 e. The lowest BCUT2D eigenvalue weighted by molar-refractivity contribution is -0.130. The van der Waals surface area contributed by atoms with Crippen LogP contribution in [-0.4, -0.2) is 29.9 Å². The Labute approximate surface area is 108 Å². The zero-order valence-electron chi connectivity index (χ0n) is 10.9. The first kappa shape index (κ1) is 11.7. The fourth-order valence-corrected chi connectivity index (χ4v) is 3.33. The molecule has 0 saturated carbocycles. The molecule has 3 heteroatoms. The summed E-state index contributed by atoms with van der Waals surface area (Å²) in [5, 5.41) is 3.63. The second kappa shape index (κ2) is 4.39. The first-order chi connectivity index (χ1) is 8.71. The molecule has 2 fully saturated rings. The Morgan fingerprint density at radius 1 is 1.28 bits per heavy atom. The van der Waals surface area contributed by atoms with Crippen molar-refractivity contribution in [3.63, 3.8) is 0 Å². The zero-order valence-corrected chi connectivity index (χ0v) is 10.9. The molecule has 1 aromatic rings. The van der Waals surface area contributed by atoms with Gasteiger partial charge in [-0.15, -0.1) is 0 Å². The van der Waals surface area contributed by atoms with E-state index in [-0.39, 0.29) is 5.54 Å². The summed E-state index contributed by atoms with van der Waals surface area (Å²) in [5.41, 5.74) is 1.45. The average molecular weight is 244 g/mol. The molecule has 0 aliphatic carbocycles. The predicted molar refractivity (Wildman–Crippen MR) is 71.2 cm³/mol. The molecule has 2 saturated heterocycles. The van der Waals surface area contributed by atoms with Crippen molar-refractivity contribution in [3.05, 3.63) is 35.9 Å². The third-order valence-electron chi connectivity index (χ3n) is 4.67. The molecule has 1 N–H and O–H groups in total. The van der Waals surface area contributed by atoms with Crippen LogP contribution in [0.2, 0.25) is 0 Å². The Kier molecular flexibility index (Phi) is 2.86. The molecule has 0 aromatic heterocycles. The molecule has 1 amide bonds. The van der Waals surface area contributed by atoms with Gasteiger partial charge in [0.05, 0.1) is 5.54 Å². The van der Waals surface area contributed by atoms with E-state index in [9.17, 15) is 4.79 Å². The van der Waals surface area contributed by atoms with E-state index in [1.165, 1.54) is 5.56 Å². The minimum Gasteiger partial charge on any atom is -0.339 e. The Balaban J connectivity index is 1.70. The number of carbonyl (C=O) groups excluding carboxylic acids is 1. The summed E-state index contributed by atoms with van der Waals surface area (Å²) < 4.78 is 0. The standard InChI is InChI=1S/C15H20N2O/c1-17-14(18)8-10-15(17)9-7-13(16-11-15)12-5-3-2-4-6-12/h2-6,13,16H,7-11H2,1H3. The van der Waals surface area contributed by atoms with E-state index in [1.807, 2.05) is 11.9 Å². The summed E-state index contributed by atoms with van der Waals surface area (Å²) in [7, 11) is 1.96. The van der Waals surface area contributed by atoms with Crippen molar-refractivity contribution in [2.45, 2.75) is 37.3 Å². The van der Waals surface area contributed by atoms with Crippen LogP contribution in [0.25, 0.3) is 0 Å². The quantitative estimate of drug-likeness (QED) is 0.820. The van der Waals surface area contributed by atoms with Crippen molar-refractivity contribution in [1.29, 1.82) is 0 Å². The number of amides is 1. The van der Waals surface area contributed by atoms with E-state index in [0.29, 0.717) is 18.4 Å². The molecule has 2 atom stereocenters. The van der Waals surface area contributed by atoms with Crippen LogP contribution < -0.4 is 5.32 Å². The molecule has 0 radical (unpaired) electrons. The number of nitrogens with one attached hydrogen (secondary N) is 1. The normalized spacial score (nSPS) is 32.2. The number of piperidine rings is 1. The zero-order chi connectivity index (χ0) is 12.6. The number of rotatable bonds is 1. The summed E-state index contributed by atoms with van der Waals surface area (Å²) in [6.07, 6.45) is 3.95. The molecular formula is C15H20N2O. The number of hydrogen-bond donors (Lipinski definition) is 1. The third-order valence-corrected chi connectivity index (χ3v) is 4.67. The van der Waals surface area contributed by atoms with Gasteiger partial charge in [-0.1, -0.05) is 30.3 Å². The van der Waals surface area contributed by atoms with Crippen LogP contribution in [0.5, 0.6) is 0 Å². The molecular weight excluding hydrogens is 224 g/mol. The molecule has 2 heterocycles. The van der Waals surface area contributed by atoms with Crippen LogP contribution in [0.15, 0.2) is 30.3 Å². The van der Waals surface area contributed by atoms with E-state index in [1.54, 1.807) is 0 Å². The Morgan fingerprint density at radius 2 is 2.06 bits per heavy atom. The number of likely N-dealkylation sites (N-methyl/N-ethyl adjacent to an activating group) is 1. The van der Waals surface area contributed by atoms with Gasteiger partial charge in [0.15, 0.2) is 0 Å². The summed E-state index contributed by atoms with van der Waals surface area (Å²) in [6.45, 7) is 0.925. The second-order valence-corrected chi connectivity index (χ2v) is 5.56. The minimum atomic E-state index is 0.0857. The highest BCUT2D eigenvalue weighted by Crippen LogP contribution is 2.38. The Bertz CT molecular complexity index is 435. The van der Waals surface area contributed by atoms with Gasteiger partial charge in [0.1, 0.15) is 0 Å². The lowest BCUT2D eigenvalue weighted by Crippen LogP contribution is -2.54. The molecule has 18 heavy (non-hydrogen) atoms. The van der Waals surface area contributed by atoms with Crippen molar-refractivity contribution in [3.8, 4) is 0 Å². The van der Waals surface area contributed by atoms with Crippen molar-refractivity contribution in [1.82, 2.24) is 10.2 Å². The van der Waals surface area contributed by atoms with Crippen molar-refractivity contribution < 1.29 is 4.79 Å². The average Bonchev–Trinajstić information content (AvgIpc) is 2.70. The third kappa shape index (κ3) is 1.83. The highest BCUT2D eigenvalue weighted by molar-refractivity contribution is 5.79. The highest BCUT2D eigenvalue weighted by atomic mass is 16.2. The maximum atomic E-state index is 11.7. The fourth-order valence-electron chi connectivity index (χ4n) is 3.33. The van der Waals surface area contributed by atoms with Gasteiger partial charge in [0, 0.05) is 26.1 Å². The van der Waals surface area contributed by atoms with Crippen LogP contribution in [0, 0.1) is 0 Å². The molecule has 3 nitrogen and oxygen atoms in total. The molecule has 2 unspecified atom stereocenters. The highest BCUT2D eigenvalue weighted by Gasteiger charge is 2.45. The molecule has 96 valence electrons. The van der Waals surface area contributed by atoms with Gasteiger partial charge < -0.3 is 10.2 Å². The summed E-state index contributed by atoms with van der Waals surface area (Å²) in [4.78, 5) is 13.7. The van der Waals surface area contributed by atoms with E-state index in [0.717, 1.165) is 25.8 Å². The molecule has 2 aliphatic rings. The fraction of sp³-hybridized carbons (Fsp3) is 0.533. The van der Waals surface area contributed by atoms with Gasteiger partial charge in [-0.25, -0.2) is 0 Å². The number of carbonyl (C=O) groups is 1. The van der Waals surface area contributed by atoms with E-state index in [2.05, 4.69) is 35.6 Å². The van der Waals surface area contributed by atoms with E-state index in [4.69, 9.17) is 0 Å². The van der Waals surface area contributed by atoms with Gasteiger partial charge in [-0.05, 0) is 24.8 Å². The maximum absolute atomic E-state index is 11.7. The van der Waals surface area contributed by atoms with Crippen LogP contribution in [0.4, 0.5) is 0 Å². The molecule has 0 bridgehead atoms. The number of hydrogen-bond acceptors (Lipinski definition) is 2. The first-order valence-electron chi connectivity index (χ1n) is 6.76. The largest absolute Gasteiger partial charge is 0.339 e. The van der Waals surface area contributed by atoms with Gasteiger partial charge in [0.25, 0.3) is 0 Å². The van der Waals surface area contributed by atoms with E-state index < -0.39 is 0 Å². The van der Waals surface area contributed by atoms with Gasteiger partial charge in [-0.3, -0.25) is 4.79 Å². The SMILES string of the molecule is CN1C(=O)CCC12CCC(c1ccccc1)NC2. The van der Waals surface area contributed by atoms with Gasteiger partial charge >= 0.3 is 0 Å². The van der Waals surface area contributed by atoms with Crippen molar-refractivity contribution in [2.75, 3.05) is 13.6 Å². The lowest BCUT2D eigenvalue weighted by atomic mass is 9.83. The summed E-state index contributed by atoms with van der Waals surface area (Å²) in [5.74, 6) is 0.301. The summed E-state index contributed by atoms with van der Waals surface area (Å²) in [6, 6.07) is 11.0. The van der Waals surface area contributed by atoms with Crippen LogP contribution in [0.1, 0.15) is 37.3 Å². The monoisotopic (exact) mass is 244 g/mol. The Hall–Kier alpha value is -1.35. The summed E-state index contributed by atoms with van der Waals surface area (Å²) >= 11 is 0. The Morgan fingerprint density at radius 3 is 2.61 bits per heavy atom. The van der Waals surface area contributed by atoms with Crippen molar-refractivity contribution in [2.24, 2.45) is 0 Å². The molecule has 3 rings (SSSR count). The number of likely N-dealkylation sites (tertiary alicyclic amines) is 1. The van der Waals surface area contributed by atoms with Crippen LogP contribution in [-0.2, 0) is 4.79 Å². The van der Waals surface area contributed by atoms with Crippen molar-refractivity contribution >= 4 is 5.91 Å². The predicted octanol–water partition coefficient (Wildman–Crippen LogP) is 2.10. The van der Waals surface area contributed by atoms with Gasteiger partial charge in [-0.2, -0.15) is 0 Å². The second-order valence-electron chi connectivity index (χ2n) is 5.56. The van der Waals surface area contributed by atoms with Gasteiger partial charge in [0.2, 0.25) is 5.91 Å². The van der Waals surface area contributed by atoms with Crippen LogP contribution in [0.3, 0.4) is 0 Å². The number of nitrogens with zero attached hydrogens (tertiary/aromatic N) is 1.